The fourth-order valence-electron chi connectivity index (χ4n) is 2.66. The van der Waals surface area contributed by atoms with Crippen molar-refractivity contribution in [2.24, 2.45) is 5.92 Å². The molecule has 1 aliphatic heterocycles. The summed E-state index contributed by atoms with van der Waals surface area (Å²) in [4.78, 5) is 26.4. The average Bonchev–Trinajstić information content (AvgIpc) is 2.55. The van der Waals surface area contributed by atoms with Crippen molar-refractivity contribution in [2.45, 2.75) is 13.3 Å². The SMILES string of the molecule is CC(CC(=O)NCCN1CCNCC1)C(=O)c1cccc(F)c1.Cl. The van der Waals surface area contributed by atoms with Crippen LogP contribution in [-0.2, 0) is 4.79 Å². The molecule has 1 aromatic carbocycles. The van der Waals surface area contributed by atoms with E-state index in [-0.39, 0.29) is 30.5 Å². The molecular weight excluding hydrogens is 333 g/mol. The molecule has 24 heavy (non-hydrogen) atoms. The van der Waals surface area contributed by atoms with E-state index in [2.05, 4.69) is 15.5 Å². The number of amides is 1. The fraction of sp³-hybridized carbons (Fsp3) is 0.529. The molecule has 1 unspecified atom stereocenters. The first-order chi connectivity index (χ1) is 11.1. The number of piperazine rings is 1. The second-order valence-electron chi connectivity index (χ2n) is 5.92. The maximum absolute atomic E-state index is 13.2. The van der Waals surface area contributed by atoms with Gasteiger partial charge in [-0.25, -0.2) is 4.39 Å². The number of Topliss-reactive ketones (excluding diaryl/α,β-unsaturated/α-hetero) is 1. The first-order valence-electron chi connectivity index (χ1n) is 8.06. The van der Waals surface area contributed by atoms with Crippen LogP contribution in [0.1, 0.15) is 23.7 Å². The van der Waals surface area contributed by atoms with E-state index in [0.29, 0.717) is 12.1 Å². The Morgan fingerprint density at radius 1 is 1.33 bits per heavy atom. The Labute approximate surface area is 148 Å². The first-order valence-corrected chi connectivity index (χ1v) is 8.06. The Bertz CT molecular complexity index is 550. The number of ketones is 1. The number of benzene rings is 1. The van der Waals surface area contributed by atoms with Crippen molar-refractivity contribution in [3.8, 4) is 0 Å². The number of hydrogen-bond donors (Lipinski definition) is 2. The minimum atomic E-state index is -0.462. The largest absolute Gasteiger partial charge is 0.355 e. The Morgan fingerprint density at radius 2 is 2.04 bits per heavy atom. The Kier molecular flexibility index (Phi) is 8.89. The summed E-state index contributed by atoms with van der Waals surface area (Å²) in [6, 6.07) is 5.58. The van der Waals surface area contributed by atoms with Gasteiger partial charge in [0.05, 0.1) is 0 Å². The summed E-state index contributed by atoms with van der Waals surface area (Å²) in [6.45, 7) is 7.04. The smallest absolute Gasteiger partial charge is 0.220 e. The van der Waals surface area contributed by atoms with Gasteiger partial charge in [0.2, 0.25) is 5.91 Å². The van der Waals surface area contributed by atoms with E-state index in [1.807, 2.05) is 0 Å². The number of hydrogen-bond acceptors (Lipinski definition) is 4. The highest BCUT2D eigenvalue weighted by atomic mass is 35.5. The molecule has 0 bridgehead atoms. The molecule has 1 aromatic rings. The molecule has 0 aliphatic carbocycles. The van der Waals surface area contributed by atoms with Crippen LogP contribution in [-0.4, -0.2) is 55.9 Å². The minimum absolute atomic E-state index is 0. The van der Waals surface area contributed by atoms with E-state index in [9.17, 15) is 14.0 Å². The standard InChI is InChI=1S/C17H24FN3O2.ClH/c1-13(17(23)14-3-2-4-15(18)12-14)11-16(22)20-7-10-21-8-5-19-6-9-21;/h2-4,12-13,19H,5-11H2,1H3,(H,20,22);1H. The second-order valence-corrected chi connectivity index (χ2v) is 5.92. The van der Waals surface area contributed by atoms with Crippen molar-refractivity contribution in [2.75, 3.05) is 39.3 Å². The molecule has 0 aromatic heterocycles. The van der Waals surface area contributed by atoms with Gasteiger partial charge in [-0.3, -0.25) is 14.5 Å². The van der Waals surface area contributed by atoms with Crippen LogP contribution in [0, 0.1) is 11.7 Å². The normalized spacial score (nSPS) is 16.1. The summed E-state index contributed by atoms with van der Waals surface area (Å²) < 4.78 is 13.2. The summed E-state index contributed by atoms with van der Waals surface area (Å²) in [5.74, 6) is -1.25. The molecule has 2 rings (SSSR count). The van der Waals surface area contributed by atoms with Crippen LogP contribution in [0.5, 0.6) is 0 Å². The number of carbonyl (C=O) groups excluding carboxylic acids is 2. The third kappa shape index (κ3) is 6.55. The third-order valence-corrected chi connectivity index (χ3v) is 4.01. The molecule has 1 heterocycles. The molecule has 1 aliphatic rings. The third-order valence-electron chi connectivity index (χ3n) is 4.01. The predicted molar refractivity (Wildman–Crippen MR) is 94.1 cm³/mol. The monoisotopic (exact) mass is 357 g/mol. The molecule has 7 heteroatoms. The summed E-state index contributed by atoms with van der Waals surface area (Å²) in [5.41, 5.74) is 0.311. The van der Waals surface area contributed by atoms with Crippen LogP contribution in [0.4, 0.5) is 4.39 Å². The van der Waals surface area contributed by atoms with Gasteiger partial charge >= 0.3 is 0 Å². The van der Waals surface area contributed by atoms with Crippen molar-refractivity contribution in [1.29, 1.82) is 0 Å². The van der Waals surface area contributed by atoms with Gasteiger partial charge in [-0.2, -0.15) is 0 Å². The van der Waals surface area contributed by atoms with Crippen molar-refractivity contribution in [3.05, 3.63) is 35.6 Å². The van der Waals surface area contributed by atoms with Gasteiger partial charge in [0.25, 0.3) is 0 Å². The lowest BCUT2D eigenvalue weighted by Gasteiger charge is -2.27. The van der Waals surface area contributed by atoms with E-state index < -0.39 is 11.7 Å². The highest BCUT2D eigenvalue weighted by Crippen LogP contribution is 2.13. The van der Waals surface area contributed by atoms with Gasteiger partial charge in [-0.15, -0.1) is 12.4 Å². The molecule has 134 valence electrons. The van der Waals surface area contributed by atoms with Crippen LogP contribution in [0.2, 0.25) is 0 Å². The van der Waals surface area contributed by atoms with Crippen molar-refractivity contribution in [3.63, 3.8) is 0 Å². The van der Waals surface area contributed by atoms with Crippen LogP contribution in [0.3, 0.4) is 0 Å². The van der Waals surface area contributed by atoms with Crippen LogP contribution in [0.25, 0.3) is 0 Å². The Morgan fingerprint density at radius 3 is 2.71 bits per heavy atom. The van der Waals surface area contributed by atoms with Gasteiger partial charge in [0.15, 0.2) is 5.78 Å². The molecular formula is C17H25ClFN3O2. The van der Waals surface area contributed by atoms with E-state index in [1.165, 1.54) is 18.2 Å². The molecule has 0 radical (unpaired) electrons. The average molecular weight is 358 g/mol. The van der Waals surface area contributed by atoms with E-state index in [0.717, 1.165) is 32.7 Å². The van der Waals surface area contributed by atoms with Gasteiger partial charge in [0.1, 0.15) is 5.82 Å². The Hall–Kier alpha value is -1.50. The number of nitrogens with zero attached hydrogens (tertiary/aromatic N) is 1. The summed E-state index contributed by atoms with van der Waals surface area (Å²) in [7, 11) is 0. The Balaban J connectivity index is 0.00000288. The molecule has 0 spiro atoms. The van der Waals surface area contributed by atoms with Crippen molar-refractivity contribution >= 4 is 24.1 Å². The number of halogens is 2. The molecule has 1 atom stereocenters. The number of nitrogens with one attached hydrogen (secondary N) is 2. The maximum atomic E-state index is 13.2. The lowest BCUT2D eigenvalue weighted by molar-refractivity contribution is -0.121. The molecule has 2 N–H and O–H groups in total. The van der Waals surface area contributed by atoms with Gasteiger partial charge in [-0.05, 0) is 12.1 Å². The molecule has 1 amide bonds. The summed E-state index contributed by atoms with van der Waals surface area (Å²) in [5, 5.41) is 6.13. The quantitative estimate of drug-likeness (QED) is 0.726. The highest BCUT2D eigenvalue weighted by molar-refractivity contribution is 5.99. The predicted octanol–water partition coefficient (Wildman–Crippen LogP) is 1.48. The number of carbonyl (C=O) groups is 2. The van der Waals surface area contributed by atoms with E-state index >= 15 is 0 Å². The lowest BCUT2D eigenvalue weighted by Crippen LogP contribution is -2.46. The molecule has 1 fully saturated rings. The maximum Gasteiger partial charge on any atom is 0.220 e. The van der Waals surface area contributed by atoms with Gasteiger partial charge in [0, 0.05) is 57.2 Å². The second kappa shape index (κ2) is 10.4. The van der Waals surface area contributed by atoms with Gasteiger partial charge < -0.3 is 10.6 Å². The van der Waals surface area contributed by atoms with Crippen LogP contribution >= 0.6 is 12.4 Å². The zero-order valence-corrected chi connectivity index (χ0v) is 14.7. The molecule has 5 nitrogen and oxygen atoms in total. The fourth-order valence-corrected chi connectivity index (χ4v) is 2.66. The highest BCUT2D eigenvalue weighted by Gasteiger charge is 2.19. The van der Waals surface area contributed by atoms with Gasteiger partial charge in [-0.1, -0.05) is 19.1 Å². The summed E-state index contributed by atoms with van der Waals surface area (Å²) in [6.07, 6.45) is 0.122. The van der Waals surface area contributed by atoms with Crippen molar-refractivity contribution < 1.29 is 14.0 Å². The minimum Gasteiger partial charge on any atom is -0.355 e. The molecule has 0 saturated carbocycles. The van der Waals surface area contributed by atoms with Crippen LogP contribution in [0.15, 0.2) is 24.3 Å². The molecule has 1 saturated heterocycles. The van der Waals surface area contributed by atoms with Crippen molar-refractivity contribution in [1.82, 2.24) is 15.5 Å². The zero-order valence-electron chi connectivity index (χ0n) is 13.9. The topological polar surface area (TPSA) is 61.4 Å². The summed E-state index contributed by atoms with van der Waals surface area (Å²) >= 11 is 0. The first kappa shape index (κ1) is 20.5. The van der Waals surface area contributed by atoms with E-state index in [1.54, 1.807) is 13.0 Å². The van der Waals surface area contributed by atoms with E-state index in [4.69, 9.17) is 0 Å². The van der Waals surface area contributed by atoms with Crippen LogP contribution < -0.4 is 10.6 Å². The zero-order chi connectivity index (χ0) is 16.7. The lowest BCUT2D eigenvalue weighted by atomic mass is 9.96. The number of rotatable bonds is 7.